The Balaban J connectivity index is 2.26. The zero-order valence-corrected chi connectivity index (χ0v) is 8.79. The molecule has 0 saturated heterocycles. The van der Waals surface area contributed by atoms with Crippen molar-refractivity contribution in [3.63, 3.8) is 0 Å². The molecule has 2 N–H and O–H groups in total. The van der Waals surface area contributed by atoms with E-state index in [0.717, 1.165) is 12.3 Å². The number of nitrogens with zero attached hydrogens (tertiary/aromatic N) is 1. The normalized spacial score (nSPS) is 38.4. The van der Waals surface area contributed by atoms with Crippen LogP contribution in [0.2, 0.25) is 0 Å². The van der Waals surface area contributed by atoms with E-state index < -0.39 is 0 Å². The highest BCUT2D eigenvalue weighted by atomic mass is 14.7. The van der Waals surface area contributed by atoms with E-state index in [9.17, 15) is 0 Å². The predicted molar refractivity (Wildman–Crippen MR) is 56.4 cm³/mol. The quantitative estimate of drug-likeness (QED) is 0.645. The zero-order chi connectivity index (χ0) is 10.2. The van der Waals surface area contributed by atoms with Crippen molar-refractivity contribution < 1.29 is 0 Å². The van der Waals surface area contributed by atoms with Gasteiger partial charge in [0, 0.05) is 5.41 Å². The topological polar surface area (TPSA) is 49.8 Å². The van der Waals surface area contributed by atoms with Crippen LogP contribution in [-0.4, -0.2) is 6.04 Å². The minimum Gasteiger partial charge on any atom is -0.315 e. The summed E-state index contributed by atoms with van der Waals surface area (Å²) in [6.45, 7) is 2.14. The van der Waals surface area contributed by atoms with E-state index in [2.05, 4.69) is 19.1 Å². The van der Waals surface area contributed by atoms with Gasteiger partial charge >= 0.3 is 0 Å². The lowest BCUT2D eigenvalue weighted by atomic mass is 9.65. The molecule has 1 fully saturated rings. The Morgan fingerprint density at radius 2 is 2.50 bits per heavy atom. The van der Waals surface area contributed by atoms with Crippen molar-refractivity contribution in [3.05, 3.63) is 11.6 Å². The van der Waals surface area contributed by atoms with Crippen molar-refractivity contribution in [1.82, 2.24) is 0 Å². The molecule has 1 saturated carbocycles. The summed E-state index contributed by atoms with van der Waals surface area (Å²) >= 11 is 0. The van der Waals surface area contributed by atoms with Crippen LogP contribution in [0.3, 0.4) is 0 Å². The summed E-state index contributed by atoms with van der Waals surface area (Å²) in [6, 6.07) is 1.86. The van der Waals surface area contributed by atoms with Gasteiger partial charge in [-0.1, -0.05) is 18.6 Å². The first-order valence-corrected chi connectivity index (χ1v) is 5.50. The molecule has 0 aromatic heterocycles. The molecule has 76 valence electrons. The van der Waals surface area contributed by atoms with Gasteiger partial charge in [0.1, 0.15) is 6.04 Å². The number of nitriles is 1. The number of hydrogen-bond acceptors (Lipinski definition) is 2. The molecular formula is C12H18N2. The SMILES string of the molecule is CC1([C@H](N)C#N)C=C2CCCC(C2)C1. The molecule has 2 nitrogen and oxygen atoms in total. The summed E-state index contributed by atoms with van der Waals surface area (Å²) in [5.41, 5.74) is 7.36. The molecule has 2 unspecified atom stereocenters. The number of rotatable bonds is 1. The molecule has 0 radical (unpaired) electrons. The van der Waals surface area contributed by atoms with Crippen LogP contribution in [0.15, 0.2) is 11.6 Å². The van der Waals surface area contributed by atoms with Crippen molar-refractivity contribution in [3.8, 4) is 6.07 Å². The van der Waals surface area contributed by atoms with Crippen molar-refractivity contribution in [1.29, 1.82) is 5.26 Å². The van der Waals surface area contributed by atoms with Gasteiger partial charge in [-0.3, -0.25) is 0 Å². The molecule has 2 rings (SSSR count). The van der Waals surface area contributed by atoms with Gasteiger partial charge < -0.3 is 5.73 Å². The monoisotopic (exact) mass is 190 g/mol. The maximum atomic E-state index is 8.91. The first-order chi connectivity index (χ1) is 6.64. The Labute approximate surface area is 85.8 Å². The third kappa shape index (κ3) is 1.57. The van der Waals surface area contributed by atoms with Crippen LogP contribution in [0.4, 0.5) is 0 Å². The summed E-state index contributed by atoms with van der Waals surface area (Å²) in [4.78, 5) is 0. The van der Waals surface area contributed by atoms with Gasteiger partial charge in [0.15, 0.2) is 0 Å². The average Bonchev–Trinajstić information content (AvgIpc) is 2.15. The summed E-state index contributed by atoms with van der Waals surface area (Å²) < 4.78 is 0. The third-order valence-corrected chi connectivity index (χ3v) is 3.77. The van der Waals surface area contributed by atoms with Gasteiger partial charge in [0.05, 0.1) is 6.07 Å². The number of fused-ring (bicyclic) bond motifs is 2. The first kappa shape index (κ1) is 9.73. The standard InChI is InChI=1S/C12H18N2/c1-12(11(14)8-13)6-9-3-2-4-10(5-9)7-12/h6,10-11H,2-5,7,14H2,1H3/t10?,11-,12?/m1/s1. The smallest absolute Gasteiger partial charge is 0.102 e. The Morgan fingerprint density at radius 1 is 1.71 bits per heavy atom. The van der Waals surface area contributed by atoms with E-state index in [1.807, 2.05) is 0 Å². The fourth-order valence-corrected chi connectivity index (χ4v) is 3.01. The third-order valence-electron chi connectivity index (χ3n) is 3.77. The van der Waals surface area contributed by atoms with Gasteiger partial charge in [-0.25, -0.2) is 0 Å². The molecule has 0 heterocycles. The Hall–Kier alpha value is -0.810. The lowest BCUT2D eigenvalue weighted by Crippen LogP contribution is -2.41. The van der Waals surface area contributed by atoms with Crippen molar-refractivity contribution >= 4 is 0 Å². The molecule has 0 aromatic rings. The van der Waals surface area contributed by atoms with Gasteiger partial charge in [-0.15, -0.1) is 0 Å². The highest BCUT2D eigenvalue weighted by Gasteiger charge is 2.37. The summed E-state index contributed by atoms with van der Waals surface area (Å²) in [6.07, 6.45) is 8.53. The minimum atomic E-state index is -0.335. The highest BCUT2D eigenvalue weighted by Crippen LogP contribution is 2.45. The summed E-state index contributed by atoms with van der Waals surface area (Å²) in [5.74, 6) is 0.785. The van der Waals surface area contributed by atoms with Crippen molar-refractivity contribution in [2.75, 3.05) is 0 Å². The predicted octanol–water partition coefficient (Wildman–Crippen LogP) is 2.36. The van der Waals surface area contributed by atoms with Crippen LogP contribution in [0.1, 0.15) is 39.0 Å². The molecule has 2 aliphatic carbocycles. The lowest BCUT2D eigenvalue weighted by Gasteiger charge is -2.40. The second-order valence-corrected chi connectivity index (χ2v) is 5.08. The van der Waals surface area contributed by atoms with Crippen LogP contribution >= 0.6 is 0 Å². The van der Waals surface area contributed by atoms with Gasteiger partial charge in [0.2, 0.25) is 0 Å². The van der Waals surface area contributed by atoms with Crippen LogP contribution in [0.25, 0.3) is 0 Å². The maximum absolute atomic E-state index is 8.91. The fourth-order valence-electron chi connectivity index (χ4n) is 3.01. The van der Waals surface area contributed by atoms with Crippen LogP contribution in [-0.2, 0) is 0 Å². The molecule has 14 heavy (non-hydrogen) atoms. The van der Waals surface area contributed by atoms with Crippen molar-refractivity contribution in [2.45, 2.75) is 45.1 Å². The summed E-state index contributed by atoms with van der Waals surface area (Å²) in [5, 5.41) is 8.91. The van der Waals surface area contributed by atoms with E-state index in [0.29, 0.717) is 0 Å². The number of nitrogens with two attached hydrogens (primary N) is 1. The highest BCUT2D eigenvalue weighted by molar-refractivity contribution is 5.21. The molecule has 0 spiro atoms. The van der Waals surface area contributed by atoms with E-state index in [4.69, 9.17) is 11.0 Å². The van der Waals surface area contributed by atoms with Gasteiger partial charge in [-0.05, 0) is 38.0 Å². The largest absolute Gasteiger partial charge is 0.315 e. The maximum Gasteiger partial charge on any atom is 0.102 e. The second-order valence-electron chi connectivity index (χ2n) is 5.08. The molecular weight excluding hydrogens is 172 g/mol. The van der Waals surface area contributed by atoms with Crippen LogP contribution < -0.4 is 5.73 Å². The molecule has 0 amide bonds. The zero-order valence-electron chi connectivity index (χ0n) is 8.79. The molecule has 3 atom stereocenters. The Morgan fingerprint density at radius 3 is 3.14 bits per heavy atom. The molecule has 2 bridgehead atoms. The molecule has 2 aliphatic rings. The van der Waals surface area contributed by atoms with Crippen LogP contribution in [0.5, 0.6) is 0 Å². The molecule has 2 heteroatoms. The fraction of sp³-hybridized carbons (Fsp3) is 0.750. The summed E-state index contributed by atoms with van der Waals surface area (Å²) in [7, 11) is 0. The van der Waals surface area contributed by atoms with E-state index in [-0.39, 0.29) is 11.5 Å². The first-order valence-electron chi connectivity index (χ1n) is 5.50. The number of allylic oxidation sites excluding steroid dienone is 1. The Bertz CT molecular complexity index is 300. The van der Waals surface area contributed by atoms with Gasteiger partial charge in [0.25, 0.3) is 0 Å². The minimum absolute atomic E-state index is 0.0621. The Kier molecular flexibility index (Phi) is 2.36. The average molecular weight is 190 g/mol. The van der Waals surface area contributed by atoms with E-state index in [1.54, 1.807) is 5.57 Å². The van der Waals surface area contributed by atoms with E-state index >= 15 is 0 Å². The van der Waals surface area contributed by atoms with Gasteiger partial charge in [-0.2, -0.15) is 5.26 Å². The molecule has 0 aromatic carbocycles. The van der Waals surface area contributed by atoms with E-state index in [1.165, 1.54) is 25.7 Å². The van der Waals surface area contributed by atoms with Crippen molar-refractivity contribution in [2.24, 2.45) is 17.1 Å². The lowest BCUT2D eigenvalue weighted by molar-refractivity contribution is 0.229. The molecule has 0 aliphatic heterocycles. The number of hydrogen-bond donors (Lipinski definition) is 1. The van der Waals surface area contributed by atoms with Crippen LogP contribution in [0, 0.1) is 22.7 Å². The second kappa shape index (κ2) is 3.40.